The zero-order chi connectivity index (χ0) is 24.7. The molecule has 0 saturated carbocycles. The number of benzene rings is 3. The zero-order valence-electron chi connectivity index (χ0n) is 19.6. The molecule has 0 unspecified atom stereocenters. The Morgan fingerprint density at radius 2 is 1.61 bits per heavy atom. The molecule has 1 aliphatic rings. The van der Waals surface area contributed by atoms with Gasteiger partial charge in [0.25, 0.3) is 5.91 Å². The van der Waals surface area contributed by atoms with E-state index in [9.17, 15) is 4.79 Å². The molecule has 36 heavy (non-hydrogen) atoms. The zero-order valence-corrected chi connectivity index (χ0v) is 20.4. The van der Waals surface area contributed by atoms with Gasteiger partial charge < -0.3 is 9.15 Å². The van der Waals surface area contributed by atoms with Crippen LogP contribution in [0.5, 0.6) is 5.75 Å². The maximum Gasteiger partial charge on any atom is 0.267 e. The van der Waals surface area contributed by atoms with Crippen molar-refractivity contribution >= 4 is 35.1 Å². The molecule has 0 spiro atoms. The van der Waals surface area contributed by atoms with Crippen LogP contribution in [-0.2, 0) is 11.3 Å². The average molecular weight is 494 g/mol. The van der Waals surface area contributed by atoms with Crippen LogP contribution in [0.3, 0.4) is 0 Å². The first kappa shape index (κ1) is 23.4. The van der Waals surface area contributed by atoms with Crippen molar-refractivity contribution in [3.8, 4) is 16.9 Å². The summed E-state index contributed by atoms with van der Waals surface area (Å²) < 4.78 is 10.7. The molecule has 0 radical (unpaired) electrons. The third-order valence-electron chi connectivity index (χ3n) is 5.56. The number of amidine groups is 1. The van der Waals surface area contributed by atoms with E-state index in [4.69, 9.17) is 9.15 Å². The van der Waals surface area contributed by atoms with E-state index >= 15 is 0 Å². The van der Waals surface area contributed by atoms with Gasteiger partial charge in [-0.15, -0.1) is 5.10 Å². The molecular formula is C29H23N3O3S. The van der Waals surface area contributed by atoms with Gasteiger partial charge in [-0.1, -0.05) is 54.6 Å². The molecule has 1 amide bonds. The van der Waals surface area contributed by atoms with Crippen LogP contribution in [0.4, 0.5) is 0 Å². The van der Waals surface area contributed by atoms with Crippen LogP contribution in [0.25, 0.3) is 17.2 Å². The van der Waals surface area contributed by atoms with Crippen LogP contribution in [0.15, 0.2) is 117 Å². The second-order valence-electron chi connectivity index (χ2n) is 7.97. The fraction of sp³-hybridized carbons (Fsp3) is 0.0690. The van der Waals surface area contributed by atoms with Gasteiger partial charge >= 0.3 is 0 Å². The van der Waals surface area contributed by atoms with E-state index in [1.807, 2.05) is 66.7 Å². The fourth-order valence-corrected chi connectivity index (χ4v) is 4.60. The summed E-state index contributed by atoms with van der Waals surface area (Å²) in [5.74, 6) is 1.30. The summed E-state index contributed by atoms with van der Waals surface area (Å²) in [4.78, 5) is 15.4. The molecule has 1 fully saturated rings. The highest BCUT2D eigenvalue weighted by molar-refractivity contribution is 8.18. The third kappa shape index (κ3) is 5.47. The molecule has 0 N–H and O–H groups in total. The Bertz CT molecular complexity index is 1410. The van der Waals surface area contributed by atoms with Crippen molar-refractivity contribution in [1.82, 2.24) is 4.90 Å². The molecule has 6 nitrogen and oxygen atoms in total. The Kier molecular flexibility index (Phi) is 7.10. The van der Waals surface area contributed by atoms with E-state index in [2.05, 4.69) is 34.5 Å². The van der Waals surface area contributed by atoms with E-state index in [1.165, 1.54) is 11.8 Å². The Hall–Kier alpha value is -4.36. The van der Waals surface area contributed by atoms with Crippen molar-refractivity contribution in [3.05, 3.63) is 119 Å². The molecule has 1 saturated heterocycles. The van der Waals surface area contributed by atoms with E-state index in [0.29, 0.717) is 15.8 Å². The lowest BCUT2D eigenvalue weighted by molar-refractivity contribution is -0.122. The average Bonchev–Trinajstić information content (AvgIpc) is 3.54. The Morgan fingerprint density at radius 1 is 0.889 bits per heavy atom. The van der Waals surface area contributed by atoms with E-state index in [1.54, 1.807) is 30.6 Å². The van der Waals surface area contributed by atoms with Gasteiger partial charge in [0.15, 0.2) is 5.17 Å². The first-order chi connectivity index (χ1) is 17.7. The highest BCUT2D eigenvalue weighted by Gasteiger charge is 2.34. The van der Waals surface area contributed by atoms with Gasteiger partial charge in [0, 0.05) is 0 Å². The van der Waals surface area contributed by atoms with Gasteiger partial charge in [-0.05, 0) is 76.5 Å². The molecule has 3 aromatic carbocycles. The number of ether oxygens (including phenoxy) is 1. The van der Waals surface area contributed by atoms with Gasteiger partial charge in [0.2, 0.25) is 0 Å². The number of amides is 1. The predicted octanol–water partition coefficient (Wildman–Crippen LogP) is 6.46. The van der Waals surface area contributed by atoms with Crippen LogP contribution in [0, 0.1) is 0 Å². The summed E-state index contributed by atoms with van der Waals surface area (Å²) in [6.45, 7) is 0.278. The van der Waals surface area contributed by atoms with Crippen LogP contribution >= 0.6 is 11.8 Å². The van der Waals surface area contributed by atoms with Crippen molar-refractivity contribution in [2.24, 2.45) is 10.2 Å². The lowest BCUT2D eigenvalue weighted by Crippen LogP contribution is -2.28. The maximum atomic E-state index is 13.3. The number of furan rings is 1. The first-order valence-corrected chi connectivity index (χ1v) is 12.2. The molecule has 0 atom stereocenters. The van der Waals surface area contributed by atoms with Gasteiger partial charge in [-0.2, -0.15) is 5.10 Å². The minimum atomic E-state index is -0.137. The maximum absolute atomic E-state index is 13.3. The second-order valence-corrected chi connectivity index (χ2v) is 8.98. The Balaban J connectivity index is 1.38. The lowest BCUT2D eigenvalue weighted by Gasteiger charge is -2.12. The number of rotatable bonds is 7. The van der Waals surface area contributed by atoms with Crippen molar-refractivity contribution < 1.29 is 13.9 Å². The minimum absolute atomic E-state index is 0.137. The highest BCUT2D eigenvalue weighted by Crippen LogP contribution is 2.34. The molecule has 2 heterocycles. The number of thioether (sulfide) groups is 1. The summed E-state index contributed by atoms with van der Waals surface area (Å²) in [5.41, 5.74) is 4.09. The molecule has 1 aliphatic heterocycles. The monoisotopic (exact) mass is 493 g/mol. The number of carbonyl (C=O) groups excluding carboxylic acids is 1. The van der Waals surface area contributed by atoms with Crippen LogP contribution < -0.4 is 4.74 Å². The third-order valence-corrected chi connectivity index (χ3v) is 6.56. The van der Waals surface area contributed by atoms with E-state index in [0.717, 1.165) is 28.0 Å². The van der Waals surface area contributed by atoms with Crippen molar-refractivity contribution in [2.75, 3.05) is 7.11 Å². The summed E-state index contributed by atoms with van der Waals surface area (Å²) in [6, 6.07) is 29.4. The van der Waals surface area contributed by atoms with Crippen molar-refractivity contribution in [3.63, 3.8) is 0 Å². The number of methoxy groups -OCH3 is 1. The molecule has 7 heteroatoms. The SMILES string of the molecule is COc1ccc(/C=N/N=C2\S/C(=C\c3ccc(-c4ccccc4)cc3)C(=O)N2Cc2ccco2)cc1. The van der Waals surface area contributed by atoms with Gasteiger partial charge in [0.1, 0.15) is 11.5 Å². The highest BCUT2D eigenvalue weighted by atomic mass is 32.2. The standard InChI is InChI=1S/C29H23N3O3S/c1-34-25-15-11-22(12-16-25)19-30-31-29-32(20-26-8-5-17-35-26)28(33)27(36-29)18-21-9-13-24(14-10-21)23-6-3-2-4-7-23/h2-19H,20H2,1H3/b27-18-,30-19+,31-29-. The smallest absolute Gasteiger partial charge is 0.267 e. The number of nitrogens with zero attached hydrogens (tertiary/aromatic N) is 3. The predicted molar refractivity (Wildman–Crippen MR) is 145 cm³/mol. The fourth-order valence-electron chi connectivity index (χ4n) is 3.67. The van der Waals surface area contributed by atoms with Gasteiger partial charge in [0.05, 0.1) is 31.0 Å². The van der Waals surface area contributed by atoms with Gasteiger partial charge in [-0.3, -0.25) is 9.69 Å². The van der Waals surface area contributed by atoms with Gasteiger partial charge in [-0.25, -0.2) is 0 Å². The minimum Gasteiger partial charge on any atom is -0.497 e. The second kappa shape index (κ2) is 10.9. The van der Waals surface area contributed by atoms with Crippen molar-refractivity contribution in [1.29, 1.82) is 0 Å². The topological polar surface area (TPSA) is 67.4 Å². The van der Waals surface area contributed by atoms with E-state index < -0.39 is 0 Å². The van der Waals surface area contributed by atoms with Crippen LogP contribution in [0.1, 0.15) is 16.9 Å². The molecule has 0 bridgehead atoms. The molecule has 178 valence electrons. The number of hydrogen-bond donors (Lipinski definition) is 0. The largest absolute Gasteiger partial charge is 0.497 e. The number of carbonyl (C=O) groups is 1. The normalized spacial score (nSPS) is 15.9. The summed E-state index contributed by atoms with van der Waals surface area (Å²) in [7, 11) is 1.62. The summed E-state index contributed by atoms with van der Waals surface area (Å²) in [6.07, 6.45) is 5.12. The Morgan fingerprint density at radius 3 is 2.31 bits per heavy atom. The molecular weight excluding hydrogens is 470 g/mol. The molecule has 1 aromatic heterocycles. The Labute approximate surface area is 213 Å². The van der Waals surface area contributed by atoms with E-state index in [-0.39, 0.29) is 12.5 Å². The molecule has 5 rings (SSSR count). The molecule has 4 aromatic rings. The summed E-state index contributed by atoms with van der Waals surface area (Å²) in [5, 5.41) is 9.08. The quantitative estimate of drug-likeness (QED) is 0.168. The summed E-state index contributed by atoms with van der Waals surface area (Å²) >= 11 is 1.30. The van der Waals surface area contributed by atoms with Crippen LogP contribution in [-0.4, -0.2) is 29.3 Å². The molecule has 0 aliphatic carbocycles. The number of hydrogen-bond acceptors (Lipinski definition) is 6. The van der Waals surface area contributed by atoms with Crippen molar-refractivity contribution in [2.45, 2.75) is 6.54 Å². The van der Waals surface area contributed by atoms with Crippen LogP contribution in [0.2, 0.25) is 0 Å². The first-order valence-electron chi connectivity index (χ1n) is 11.3. The lowest BCUT2D eigenvalue weighted by atomic mass is 10.0.